The zero-order chi connectivity index (χ0) is 15.1. The van der Waals surface area contributed by atoms with Crippen LogP contribution in [0.3, 0.4) is 0 Å². The maximum absolute atomic E-state index is 4.11. The molecule has 1 fully saturated rings. The van der Waals surface area contributed by atoms with E-state index < -0.39 is 0 Å². The summed E-state index contributed by atoms with van der Waals surface area (Å²) < 4.78 is 0. The second kappa shape index (κ2) is 8.00. The van der Waals surface area contributed by atoms with Gasteiger partial charge in [-0.2, -0.15) is 0 Å². The molecule has 1 aliphatic rings. The number of likely N-dealkylation sites (N-methyl/N-ethyl adjacent to an activating group) is 1. The van der Waals surface area contributed by atoms with E-state index in [2.05, 4.69) is 56.7 Å². The van der Waals surface area contributed by atoms with E-state index in [1.807, 2.05) is 7.05 Å². The Hall–Kier alpha value is -1.59. The van der Waals surface area contributed by atoms with Gasteiger partial charge in [0, 0.05) is 53.4 Å². The van der Waals surface area contributed by atoms with E-state index in [-0.39, 0.29) is 0 Å². The van der Waals surface area contributed by atoms with Crippen LogP contribution in [0.15, 0.2) is 29.3 Å². The summed E-state index contributed by atoms with van der Waals surface area (Å²) in [4.78, 5) is 9.02. The van der Waals surface area contributed by atoms with Gasteiger partial charge in [-0.1, -0.05) is 24.3 Å². The van der Waals surface area contributed by atoms with Gasteiger partial charge in [0.1, 0.15) is 0 Å². The molecule has 1 saturated heterocycles. The van der Waals surface area contributed by atoms with Crippen molar-refractivity contribution in [2.75, 3.05) is 47.3 Å². The topological polar surface area (TPSA) is 42.9 Å². The predicted octanol–water partition coefficient (Wildman–Crippen LogP) is 0.729. The zero-order valence-electron chi connectivity index (χ0n) is 13.4. The van der Waals surface area contributed by atoms with Crippen LogP contribution in [0.5, 0.6) is 0 Å². The summed E-state index contributed by atoms with van der Waals surface area (Å²) in [6, 6.07) is 8.86. The Kier molecular flexibility index (Phi) is 6.02. The molecule has 21 heavy (non-hydrogen) atoms. The number of aliphatic imine (C=N–C) groups is 1. The number of hydrogen-bond donors (Lipinski definition) is 2. The van der Waals surface area contributed by atoms with Gasteiger partial charge in [-0.05, 0) is 18.2 Å². The number of guanidine groups is 1. The minimum atomic E-state index is 0.794. The van der Waals surface area contributed by atoms with Crippen molar-refractivity contribution in [2.45, 2.75) is 13.1 Å². The van der Waals surface area contributed by atoms with Crippen molar-refractivity contribution < 1.29 is 0 Å². The van der Waals surface area contributed by atoms with Crippen molar-refractivity contribution in [3.05, 3.63) is 35.4 Å². The smallest absolute Gasteiger partial charge is 0.190 e. The van der Waals surface area contributed by atoms with Crippen LogP contribution in [0.2, 0.25) is 0 Å². The van der Waals surface area contributed by atoms with E-state index in [9.17, 15) is 0 Å². The largest absolute Gasteiger partial charge is 0.359 e. The fraction of sp³-hybridized carbons (Fsp3) is 0.562. The molecule has 1 aromatic carbocycles. The van der Waals surface area contributed by atoms with Gasteiger partial charge in [-0.3, -0.25) is 9.89 Å². The first kappa shape index (κ1) is 15.8. The van der Waals surface area contributed by atoms with Gasteiger partial charge in [-0.15, -0.1) is 0 Å². The molecule has 0 amide bonds. The molecule has 5 heteroatoms. The van der Waals surface area contributed by atoms with Crippen LogP contribution in [-0.4, -0.2) is 63.1 Å². The lowest BCUT2D eigenvalue weighted by atomic mass is 10.1. The molecule has 1 aliphatic heterocycles. The lowest BCUT2D eigenvalue weighted by molar-refractivity contribution is 0.148. The van der Waals surface area contributed by atoms with Crippen LogP contribution < -0.4 is 10.6 Å². The van der Waals surface area contributed by atoms with Crippen LogP contribution in [0.25, 0.3) is 0 Å². The Morgan fingerprint density at radius 3 is 2.29 bits per heavy atom. The second-order valence-electron chi connectivity index (χ2n) is 5.57. The molecule has 0 saturated carbocycles. The van der Waals surface area contributed by atoms with Gasteiger partial charge in [0.15, 0.2) is 5.96 Å². The standard InChI is InChI=1S/C16H27N5/c1-17-16(18-2)19-12-14-4-6-15(7-5-14)13-21-10-8-20(3)9-11-21/h4-7H,8-13H2,1-3H3,(H2,17,18,19). The summed E-state index contributed by atoms with van der Waals surface area (Å²) in [5.41, 5.74) is 2.66. The SMILES string of the molecule is CN=C(NC)NCc1ccc(CN2CCN(C)CC2)cc1. The van der Waals surface area contributed by atoms with Gasteiger partial charge >= 0.3 is 0 Å². The fourth-order valence-electron chi connectivity index (χ4n) is 2.49. The molecular weight excluding hydrogens is 262 g/mol. The molecule has 2 N–H and O–H groups in total. The first-order valence-corrected chi connectivity index (χ1v) is 7.58. The molecule has 1 aromatic rings. The Morgan fingerprint density at radius 2 is 1.71 bits per heavy atom. The van der Waals surface area contributed by atoms with Crippen molar-refractivity contribution in [3.8, 4) is 0 Å². The van der Waals surface area contributed by atoms with E-state index in [1.165, 1.54) is 24.2 Å². The summed E-state index contributed by atoms with van der Waals surface area (Å²) in [5.74, 6) is 0.816. The van der Waals surface area contributed by atoms with Crippen molar-refractivity contribution in [1.29, 1.82) is 0 Å². The summed E-state index contributed by atoms with van der Waals surface area (Å²) in [6.45, 7) is 6.52. The minimum absolute atomic E-state index is 0.794. The summed E-state index contributed by atoms with van der Waals surface area (Å²) in [7, 11) is 5.84. The third kappa shape index (κ3) is 5.02. The highest BCUT2D eigenvalue weighted by Gasteiger charge is 2.13. The summed E-state index contributed by atoms with van der Waals surface area (Å²) in [5, 5.41) is 6.28. The molecule has 0 aromatic heterocycles. The van der Waals surface area contributed by atoms with E-state index in [0.29, 0.717) is 0 Å². The first-order chi connectivity index (χ1) is 10.2. The quantitative estimate of drug-likeness (QED) is 0.633. The third-order valence-corrected chi connectivity index (χ3v) is 3.95. The average molecular weight is 289 g/mol. The van der Waals surface area contributed by atoms with Crippen LogP contribution in [0, 0.1) is 0 Å². The predicted molar refractivity (Wildman–Crippen MR) is 88.5 cm³/mol. The summed E-state index contributed by atoms with van der Waals surface area (Å²) in [6.07, 6.45) is 0. The normalized spacial score (nSPS) is 17.8. The van der Waals surface area contributed by atoms with Crippen LogP contribution in [0.4, 0.5) is 0 Å². The second-order valence-corrected chi connectivity index (χ2v) is 5.57. The number of benzene rings is 1. The maximum atomic E-state index is 4.11. The molecule has 0 unspecified atom stereocenters. The molecule has 0 atom stereocenters. The Balaban J connectivity index is 1.81. The highest BCUT2D eigenvalue weighted by molar-refractivity contribution is 5.79. The van der Waals surface area contributed by atoms with Crippen LogP contribution in [-0.2, 0) is 13.1 Å². The maximum Gasteiger partial charge on any atom is 0.190 e. The lowest BCUT2D eigenvalue weighted by Gasteiger charge is -2.32. The van der Waals surface area contributed by atoms with Gasteiger partial charge in [-0.25, -0.2) is 0 Å². The molecule has 1 heterocycles. The van der Waals surface area contributed by atoms with Crippen molar-refractivity contribution in [1.82, 2.24) is 20.4 Å². The van der Waals surface area contributed by atoms with Crippen LogP contribution >= 0.6 is 0 Å². The van der Waals surface area contributed by atoms with Crippen molar-refractivity contribution >= 4 is 5.96 Å². The highest BCUT2D eigenvalue weighted by atomic mass is 15.2. The number of nitrogens with zero attached hydrogens (tertiary/aromatic N) is 3. The first-order valence-electron chi connectivity index (χ1n) is 7.58. The Bertz CT molecular complexity index is 446. The van der Waals surface area contributed by atoms with Crippen LogP contribution in [0.1, 0.15) is 11.1 Å². The number of piperazine rings is 1. The fourth-order valence-corrected chi connectivity index (χ4v) is 2.49. The highest BCUT2D eigenvalue weighted by Crippen LogP contribution is 2.09. The number of nitrogens with one attached hydrogen (secondary N) is 2. The average Bonchev–Trinajstić information content (AvgIpc) is 2.52. The number of rotatable bonds is 4. The van der Waals surface area contributed by atoms with Gasteiger partial charge in [0.2, 0.25) is 0 Å². The Morgan fingerprint density at radius 1 is 1.10 bits per heavy atom. The molecule has 2 rings (SSSR count). The number of hydrogen-bond acceptors (Lipinski definition) is 3. The molecule has 5 nitrogen and oxygen atoms in total. The lowest BCUT2D eigenvalue weighted by Crippen LogP contribution is -2.43. The van der Waals surface area contributed by atoms with Crippen molar-refractivity contribution in [2.24, 2.45) is 4.99 Å². The Labute approximate surface area is 128 Å². The molecule has 116 valence electrons. The van der Waals surface area contributed by atoms with Gasteiger partial charge in [0.05, 0.1) is 0 Å². The molecule has 0 radical (unpaired) electrons. The van der Waals surface area contributed by atoms with Gasteiger partial charge in [0.25, 0.3) is 0 Å². The van der Waals surface area contributed by atoms with E-state index in [0.717, 1.165) is 32.1 Å². The van der Waals surface area contributed by atoms with E-state index in [4.69, 9.17) is 0 Å². The van der Waals surface area contributed by atoms with E-state index >= 15 is 0 Å². The van der Waals surface area contributed by atoms with Gasteiger partial charge < -0.3 is 15.5 Å². The molecule has 0 bridgehead atoms. The molecule has 0 aliphatic carbocycles. The third-order valence-electron chi connectivity index (χ3n) is 3.95. The monoisotopic (exact) mass is 289 g/mol. The zero-order valence-corrected chi connectivity index (χ0v) is 13.4. The minimum Gasteiger partial charge on any atom is -0.359 e. The molecular formula is C16H27N5. The van der Waals surface area contributed by atoms with E-state index in [1.54, 1.807) is 7.05 Å². The summed E-state index contributed by atoms with van der Waals surface area (Å²) >= 11 is 0. The van der Waals surface area contributed by atoms with Crippen molar-refractivity contribution in [3.63, 3.8) is 0 Å². The molecule has 0 spiro atoms.